The highest BCUT2D eigenvalue weighted by Crippen LogP contribution is 2.39. The third kappa shape index (κ3) is 3.53. The van der Waals surface area contributed by atoms with E-state index in [4.69, 9.17) is 19.9 Å². The largest absolute Gasteiger partial charge is 0.493 e. The molecule has 0 aromatic heterocycles. The molecule has 0 amide bonds. The first-order chi connectivity index (χ1) is 8.04. The van der Waals surface area contributed by atoms with Crippen LogP contribution in [0.4, 0.5) is 0 Å². The number of benzene rings is 1. The summed E-state index contributed by atoms with van der Waals surface area (Å²) in [5, 5.41) is 0. The van der Waals surface area contributed by atoms with Crippen molar-refractivity contribution in [3.8, 4) is 17.2 Å². The maximum Gasteiger partial charge on any atom is 0.204 e. The minimum absolute atomic E-state index is 0.351. The number of ether oxygens (including phenoxy) is 3. The van der Waals surface area contributed by atoms with Crippen molar-refractivity contribution in [2.45, 2.75) is 25.9 Å². The number of rotatable bonds is 6. The van der Waals surface area contributed by atoms with E-state index in [-0.39, 0.29) is 5.60 Å². The zero-order valence-corrected chi connectivity index (χ0v) is 10.9. The number of hydrogen-bond acceptors (Lipinski definition) is 4. The second-order valence-electron chi connectivity index (χ2n) is 4.39. The maximum atomic E-state index is 5.96. The Morgan fingerprint density at radius 3 is 2.06 bits per heavy atom. The van der Waals surface area contributed by atoms with Crippen molar-refractivity contribution in [1.82, 2.24) is 0 Å². The van der Waals surface area contributed by atoms with E-state index in [2.05, 4.69) is 0 Å². The Morgan fingerprint density at radius 1 is 1.12 bits per heavy atom. The van der Waals surface area contributed by atoms with Gasteiger partial charge in [0.2, 0.25) is 5.75 Å². The molecular weight excluding hydrogens is 218 g/mol. The topological polar surface area (TPSA) is 53.7 Å². The van der Waals surface area contributed by atoms with Gasteiger partial charge in [-0.05, 0) is 38.9 Å². The standard InChI is InChI=1S/C13H21NO3/c1-13(2,8-9-14)17-12-10(15-3)6-5-7-11(12)16-4/h5-7H,8-9,14H2,1-4H3. The fourth-order valence-electron chi connectivity index (χ4n) is 1.59. The number of methoxy groups -OCH3 is 2. The van der Waals surface area contributed by atoms with Gasteiger partial charge in [-0.1, -0.05) is 6.07 Å². The van der Waals surface area contributed by atoms with E-state index in [1.807, 2.05) is 32.0 Å². The lowest BCUT2D eigenvalue weighted by Crippen LogP contribution is -2.31. The lowest BCUT2D eigenvalue weighted by molar-refractivity contribution is 0.0936. The van der Waals surface area contributed by atoms with Crippen LogP contribution >= 0.6 is 0 Å². The Morgan fingerprint density at radius 2 is 1.65 bits per heavy atom. The Balaban J connectivity index is 3.02. The highest BCUT2D eigenvalue weighted by molar-refractivity contribution is 5.51. The second-order valence-corrected chi connectivity index (χ2v) is 4.39. The van der Waals surface area contributed by atoms with E-state index in [1.54, 1.807) is 14.2 Å². The van der Waals surface area contributed by atoms with Gasteiger partial charge >= 0.3 is 0 Å². The summed E-state index contributed by atoms with van der Waals surface area (Å²) in [6.07, 6.45) is 0.758. The van der Waals surface area contributed by atoms with Crippen LogP contribution in [0.15, 0.2) is 18.2 Å². The molecule has 0 radical (unpaired) electrons. The predicted molar refractivity (Wildman–Crippen MR) is 67.9 cm³/mol. The van der Waals surface area contributed by atoms with Gasteiger partial charge in [0, 0.05) is 0 Å². The summed E-state index contributed by atoms with van der Waals surface area (Å²) in [4.78, 5) is 0. The Labute approximate surface area is 103 Å². The van der Waals surface area contributed by atoms with Crippen LogP contribution in [0.2, 0.25) is 0 Å². The molecule has 1 aromatic carbocycles. The Kier molecular flexibility index (Phi) is 4.63. The minimum Gasteiger partial charge on any atom is -0.493 e. The molecule has 0 spiro atoms. The average molecular weight is 239 g/mol. The van der Waals surface area contributed by atoms with Crippen LogP contribution in [0.3, 0.4) is 0 Å². The maximum absolute atomic E-state index is 5.96. The van der Waals surface area contributed by atoms with Crippen molar-refractivity contribution in [1.29, 1.82) is 0 Å². The second kappa shape index (κ2) is 5.77. The zero-order valence-electron chi connectivity index (χ0n) is 10.9. The van der Waals surface area contributed by atoms with Crippen LogP contribution in [0.1, 0.15) is 20.3 Å². The van der Waals surface area contributed by atoms with Crippen molar-refractivity contribution in [2.75, 3.05) is 20.8 Å². The first-order valence-corrected chi connectivity index (χ1v) is 5.64. The van der Waals surface area contributed by atoms with E-state index < -0.39 is 0 Å². The zero-order chi connectivity index (χ0) is 12.9. The number of nitrogens with two attached hydrogens (primary N) is 1. The molecule has 96 valence electrons. The molecule has 0 unspecified atom stereocenters. The van der Waals surface area contributed by atoms with Crippen molar-refractivity contribution >= 4 is 0 Å². The van der Waals surface area contributed by atoms with Crippen molar-refractivity contribution in [3.05, 3.63) is 18.2 Å². The van der Waals surface area contributed by atoms with Gasteiger partial charge in [0.05, 0.1) is 14.2 Å². The summed E-state index contributed by atoms with van der Waals surface area (Å²) < 4.78 is 16.5. The van der Waals surface area contributed by atoms with Crippen LogP contribution in [0, 0.1) is 0 Å². The molecule has 4 heteroatoms. The SMILES string of the molecule is COc1cccc(OC)c1OC(C)(C)CCN. The van der Waals surface area contributed by atoms with E-state index in [0.29, 0.717) is 23.8 Å². The lowest BCUT2D eigenvalue weighted by Gasteiger charge is -2.27. The summed E-state index contributed by atoms with van der Waals surface area (Å²) in [7, 11) is 3.22. The summed E-state index contributed by atoms with van der Waals surface area (Å²) in [6.45, 7) is 4.56. The van der Waals surface area contributed by atoms with Gasteiger partial charge in [-0.25, -0.2) is 0 Å². The highest BCUT2D eigenvalue weighted by atomic mass is 16.5. The van der Waals surface area contributed by atoms with Crippen LogP contribution in [-0.4, -0.2) is 26.4 Å². The van der Waals surface area contributed by atoms with Gasteiger partial charge in [-0.15, -0.1) is 0 Å². The fraction of sp³-hybridized carbons (Fsp3) is 0.538. The van der Waals surface area contributed by atoms with E-state index in [9.17, 15) is 0 Å². The molecule has 0 saturated heterocycles. The molecule has 1 aromatic rings. The Hall–Kier alpha value is -1.42. The van der Waals surface area contributed by atoms with Crippen molar-refractivity contribution in [3.63, 3.8) is 0 Å². The molecule has 0 aliphatic rings. The summed E-state index contributed by atoms with van der Waals surface area (Å²) in [6, 6.07) is 5.55. The van der Waals surface area contributed by atoms with E-state index in [0.717, 1.165) is 6.42 Å². The van der Waals surface area contributed by atoms with Crippen LogP contribution in [-0.2, 0) is 0 Å². The summed E-state index contributed by atoms with van der Waals surface area (Å²) >= 11 is 0. The minimum atomic E-state index is -0.351. The summed E-state index contributed by atoms with van der Waals surface area (Å²) in [5.41, 5.74) is 5.22. The van der Waals surface area contributed by atoms with Crippen molar-refractivity contribution < 1.29 is 14.2 Å². The third-order valence-corrected chi connectivity index (χ3v) is 2.51. The molecule has 1 rings (SSSR count). The molecule has 0 heterocycles. The summed E-state index contributed by atoms with van der Waals surface area (Å²) in [5.74, 6) is 1.94. The molecule has 4 nitrogen and oxygen atoms in total. The highest BCUT2D eigenvalue weighted by Gasteiger charge is 2.23. The van der Waals surface area contributed by atoms with Crippen LogP contribution < -0.4 is 19.9 Å². The molecule has 0 aliphatic carbocycles. The fourth-order valence-corrected chi connectivity index (χ4v) is 1.59. The molecule has 2 N–H and O–H groups in total. The smallest absolute Gasteiger partial charge is 0.204 e. The molecule has 0 fully saturated rings. The lowest BCUT2D eigenvalue weighted by atomic mass is 10.1. The van der Waals surface area contributed by atoms with Crippen LogP contribution in [0.25, 0.3) is 0 Å². The van der Waals surface area contributed by atoms with Gasteiger partial charge < -0.3 is 19.9 Å². The van der Waals surface area contributed by atoms with Crippen LogP contribution in [0.5, 0.6) is 17.2 Å². The molecule has 0 bridgehead atoms. The number of hydrogen-bond donors (Lipinski definition) is 1. The normalized spacial score (nSPS) is 11.1. The molecule has 0 atom stereocenters. The number of para-hydroxylation sites is 1. The predicted octanol–water partition coefficient (Wildman–Crippen LogP) is 2.21. The average Bonchev–Trinajstić information content (AvgIpc) is 2.28. The van der Waals surface area contributed by atoms with Gasteiger partial charge in [0.25, 0.3) is 0 Å². The van der Waals surface area contributed by atoms with Gasteiger partial charge in [-0.3, -0.25) is 0 Å². The molecule has 0 aliphatic heterocycles. The van der Waals surface area contributed by atoms with Gasteiger partial charge in [0.1, 0.15) is 5.60 Å². The van der Waals surface area contributed by atoms with Gasteiger partial charge in [-0.2, -0.15) is 0 Å². The molecular formula is C13H21NO3. The van der Waals surface area contributed by atoms with Gasteiger partial charge in [0.15, 0.2) is 11.5 Å². The monoisotopic (exact) mass is 239 g/mol. The first-order valence-electron chi connectivity index (χ1n) is 5.64. The third-order valence-electron chi connectivity index (χ3n) is 2.51. The van der Waals surface area contributed by atoms with E-state index >= 15 is 0 Å². The molecule has 17 heavy (non-hydrogen) atoms. The van der Waals surface area contributed by atoms with E-state index in [1.165, 1.54) is 0 Å². The quantitative estimate of drug-likeness (QED) is 0.827. The molecule has 0 saturated carbocycles. The Bertz CT molecular complexity index is 341. The first kappa shape index (κ1) is 13.6. The van der Waals surface area contributed by atoms with Crippen molar-refractivity contribution in [2.24, 2.45) is 5.73 Å².